The molecule has 5 nitrogen and oxygen atoms in total. The Bertz CT molecular complexity index is 850. The van der Waals surface area contributed by atoms with E-state index in [0.29, 0.717) is 0 Å². The largest absolute Gasteiger partial charge is 0.370 e. The number of benzene rings is 1. The van der Waals surface area contributed by atoms with Crippen molar-refractivity contribution in [2.75, 3.05) is 11.9 Å². The smallest absolute Gasteiger partial charge is 0.231 e. The summed E-state index contributed by atoms with van der Waals surface area (Å²) in [4.78, 5) is 20.3. The van der Waals surface area contributed by atoms with Crippen LogP contribution in [-0.4, -0.2) is 22.5 Å². The number of anilines is 1. The second kappa shape index (κ2) is 6.37. The molecule has 1 aliphatic heterocycles. The summed E-state index contributed by atoms with van der Waals surface area (Å²) in [5.41, 5.74) is 3.63. The van der Waals surface area contributed by atoms with Crippen molar-refractivity contribution in [3.63, 3.8) is 0 Å². The molecule has 2 aromatic heterocycles. The Kier molecular flexibility index (Phi) is 4.08. The molecule has 124 valence electrons. The van der Waals surface area contributed by atoms with Crippen LogP contribution in [0.4, 0.5) is 5.69 Å². The minimum atomic E-state index is -0.170. The van der Waals surface area contributed by atoms with Crippen molar-refractivity contribution in [2.45, 2.75) is 31.8 Å². The zero-order chi connectivity index (χ0) is 16.5. The molecular weight excluding hydrogens is 322 g/mol. The molecule has 0 unspecified atom stereocenters. The number of aromatic amines is 1. The van der Waals surface area contributed by atoms with Gasteiger partial charge in [0.2, 0.25) is 5.91 Å². The van der Waals surface area contributed by atoms with Crippen molar-refractivity contribution in [1.29, 1.82) is 0 Å². The minimum Gasteiger partial charge on any atom is -0.370 e. The summed E-state index contributed by atoms with van der Waals surface area (Å²) < 4.78 is 5.67. The van der Waals surface area contributed by atoms with Crippen LogP contribution in [0.2, 0.25) is 0 Å². The lowest BCUT2D eigenvalue weighted by Gasteiger charge is -2.10. The van der Waals surface area contributed by atoms with Gasteiger partial charge in [0, 0.05) is 12.3 Å². The van der Waals surface area contributed by atoms with Gasteiger partial charge in [0.05, 0.1) is 17.0 Å². The van der Waals surface area contributed by atoms with Gasteiger partial charge in [-0.15, -0.1) is 0 Å². The van der Waals surface area contributed by atoms with E-state index in [0.717, 1.165) is 47.6 Å². The molecule has 3 aromatic rings. The number of amides is 1. The molecule has 0 radical (unpaired) electrons. The maximum atomic E-state index is 12.4. The SMILES string of the molecule is C[C@H](C(=O)Nc1ccc2nc([C@H]3CCCO3)[nH]c2c1)c1ccsc1. The number of carbonyl (C=O) groups excluding carboxylic acids is 1. The third kappa shape index (κ3) is 2.95. The Morgan fingerprint density at radius 2 is 2.38 bits per heavy atom. The predicted octanol–water partition coefficient (Wildman–Crippen LogP) is 4.22. The van der Waals surface area contributed by atoms with E-state index in [1.165, 1.54) is 0 Å². The molecule has 0 saturated carbocycles. The lowest BCUT2D eigenvalue weighted by atomic mass is 10.0. The highest BCUT2D eigenvalue weighted by molar-refractivity contribution is 7.08. The van der Waals surface area contributed by atoms with Crippen LogP contribution >= 0.6 is 11.3 Å². The Labute approximate surface area is 144 Å². The maximum absolute atomic E-state index is 12.4. The molecule has 2 N–H and O–H groups in total. The number of ether oxygens (including phenoxy) is 1. The van der Waals surface area contributed by atoms with Gasteiger partial charge < -0.3 is 15.0 Å². The fraction of sp³-hybridized carbons (Fsp3) is 0.333. The number of aromatic nitrogens is 2. The summed E-state index contributed by atoms with van der Waals surface area (Å²) in [5.74, 6) is 0.695. The van der Waals surface area contributed by atoms with Gasteiger partial charge in [0.15, 0.2) is 0 Å². The normalized spacial score (nSPS) is 18.8. The highest BCUT2D eigenvalue weighted by Gasteiger charge is 2.21. The van der Waals surface area contributed by atoms with Crippen LogP contribution in [0.1, 0.15) is 43.2 Å². The van der Waals surface area contributed by atoms with Crippen molar-refractivity contribution < 1.29 is 9.53 Å². The van der Waals surface area contributed by atoms with E-state index < -0.39 is 0 Å². The number of nitrogens with zero attached hydrogens (tertiary/aromatic N) is 1. The first-order valence-corrected chi connectivity index (χ1v) is 9.09. The minimum absolute atomic E-state index is 0.00776. The molecule has 0 spiro atoms. The summed E-state index contributed by atoms with van der Waals surface area (Å²) in [5, 5.41) is 6.99. The van der Waals surface area contributed by atoms with Crippen LogP contribution in [0.5, 0.6) is 0 Å². The third-order valence-corrected chi connectivity index (χ3v) is 5.14. The van der Waals surface area contributed by atoms with Gasteiger partial charge in [-0.3, -0.25) is 4.79 Å². The second-order valence-corrected chi connectivity index (χ2v) is 6.90. The molecule has 24 heavy (non-hydrogen) atoms. The van der Waals surface area contributed by atoms with E-state index in [1.54, 1.807) is 11.3 Å². The molecule has 0 aliphatic carbocycles. The van der Waals surface area contributed by atoms with Crippen LogP contribution in [0, 0.1) is 0 Å². The monoisotopic (exact) mass is 341 g/mol. The Morgan fingerprint density at radius 1 is 1.46 bits per heavy atom. The molecule has 1 aromatic carbocycles. The van der Waals surface area contributed by atoms with Crippen LogP contribution < -0.4 is 5.32 Å². The quantitative estimate of drug-likeness (QED) is 0.747. The van der Waals surface area contributed by atoms with Gasteiger partial charge in [-0.1, -0.05) is 0 Å². The summed E-state index contributed by atoms with van der Waals surface area (Å²) in [6.45, 7) is 2.71. The zero-order valence-corrected chi connectivity index (χ0v) is 14.2. The number of thiophene rings is 1. The van der Waals surface area contributed by atoms with Gasteiger partial charge in [0.1, 0.15) is 11.9 Å². The average molecular weight is 341 g/mol. The van der Waals surface area contributed by atoms with Gasteiger partial charge in [0.25, 0.3) is 0 Å². The number of imidazole rings is 1. The lowest BCUT2D eigenvalue weighted by Crippen LogP contribution is -2.18. The summed E-state index contributed by atoms with van der Waals surface area (Å²) in [6.07, 6.45) is 2.14. The first kappa shape index (κ1) is 15.4. The standard InChI is InChI=1S/C18H19N3O2S/c1-11(12-6-8-24-10-12)18(22)19-13-4-5-14-15(9-13)21-17(20-14)16-3-2-7-23-16/h4-6,8-11,16H,2-3,7H2,1H3,(H,19,22)(H,20,21)/t11-,16+/m0/s1. The second-order valence-electron chi connectivity index (χ2n) is 6.12. The molecule has 0 bridgehead atoms. The van der Waals surface area contributed by atoms with Gasteiger partial charge >= 0.3 is 0 Å². The number of hydrogen-bond acceptors (Lipinski definition) is 4. The van der Waals surface area contributed by atoms with E-state index in [1.807, 2.05) is 41.9 Å². The number of rotatable bonds is 4. The number of nitrogens with one attached hydrogen (secondary N) is 2. The number of fused-ring (bicyclic) bond motifs is 1. The van der Waals surface area contributed by atoms with E-state index in [2.05, 4.69) is 15.3 Å². The first-order chi connectivity index (χ1) is 11.7. The van der Waals surface area contributed by atoms with E-state index in [4.69, 9.17) is 4.74 Å². The summed E-state index contributed by atoms with van der Waals surface area (Å²) >= 11 is 1.60. The Balaban J connectivity index is 1.53. The zero-order valence-electron chi connectivity index (χ0n) is 13.4. The van der Waals surface area contributed by atoms with Crippen molar-refractivity contribution >= 4 is 34.0 Å². The predicted molar refractivity (Wildman–Crippen MR) is 95.4 cm³/mol. The average Bonchev–Trinajstić information content (AvgIpc) is 3.32. The van der Waals surface area contributed by atoms with Gasteiger partial charge in [-0.25, -0.2) is 4.98 Å². The van der Waals surface area contributed by atoms with Crippen molar-refractivity contribution in [3.8, 4) is 0 Å². The highest BCUT2D eigenvalue weighted by atomic mass is 32.1. The molecule has 1 saturated heterocycles. The number of H-pyrrole nitrogens is 1. The first-order valence-electron chi connectivity index (χ1n) is 8.15. The molecule has 1 aliphatic rings. The summed E-state index contributed by atoms with van der Waals surface area (Å²) in [7, 11) is 0. The van der Waals surface area contributed by atoms with Crippen LogP contribution in [0.25, 0.3) is 11.0 Å². The Morgan fingerprint density at radius 3 is 3.12 bits per heavy atom. The van der Waals surface area contributed by atoms with Crippen LogP contribution in [0.15, 0.2) is 35.0 Å². The molecule has 1 amide bonds. The highest BCUT2D eigenvalue weighted by Crippen LogP contribution is 2.29. The Hall–Kier alpha value is -2.18. The molecule has 2 atom stereocenters. The molecule has 1 fully saturated rings. The van der Waals surface area contributed by atoms with Crippen molar-refractivity contribution in [1.82, 2.24) is 9.97 Å². The van der Waals surface area contributed by atoms with Gasteiger partial charge in [-0.05, 0) is 60.4 Å². The number of hydrogen-bond donors (Lipinski definition) is 2. The van der Waals surface area contributed by atoms with Crippen molar-refractivity contribution in [3.05, 3.63) is 46.4 Å². The molecule has 4 rings (SSSR count). The third-order valence-electron chi connectivity index (χ3n) is 4.44. The molecular formula is C18H19N3O2S. The molecule has 3 heterocycles. The van der Waals surface area contributed by atoms with Crippen molar-refractivity contribution in [2.24, 2.45) is 0 Å². The number of carbonyl (C=O) groups is 1. The van der Waals surface area contributed by atoms with E-state index in [-0.39, 0.29) is 17.9 Å². The van der Waals surface area contributed by atoms with Crippen LogP contribution in [-0.2, 0) is 9.53 Å². The fourth-order valence-corrected chi connectivity index (χ4v) is 3.73. The lowest BCUT2D eigenvalue weighted by molar-refractivity contribution is -0.117. The molecule has 6 heteroatoms. The maximum Gasteiger partial charge on any atom is 0.231 e. The fourth-order valence-electron chi connectivity index (χ4n) is 2.98. The topological polar surface area (TPSA) is 67.0 Å². The van der Waals surface area contributed by atoms with Crippen LogP contribution in [0.3, 0.4) is 0 Å². The van der Waals surface area contributed by atoms with E-state index >= 15 is 0 Å². The van der Waals surface area contributed by atoms with Gasteiger partial charge in [-0.2, -0.15) is 11.3 Å². The summed E-state index contributed by atoms with van der Waals surface area (Å²) in [6, 6.07) is 7.73. The van der Waals surface area contributed by atoms with E-state index in [9.17, 15) is 4.79 Å².